The van der Waals surface area contributed by atoms with E-state index in [0.717, 1.165) is 27.5 Å². The second kappa shape index (κ2) is 8.44. The van der Waals surface area contributed by atoms with E-state index in [1.807, 2.05) is 61.5 Å². The molecule has 3 rings (SSSR count). The average Bonchev–Trinajstić information content (AvgIpc) is 2.69. The predicted octanol–water partition coefficient (Wildman–Crippen LogP) is 4.99. The summed E-state index contributed by atoms with van der Waals surface area (Å²) < 4.78 is 5.65. The molecule has 0 fully saturated rings. The van der Waals surface area contributed by atoms with Crippen LogP contribution in [0.2, 0.25) is 0 Å². The van der Waals surface area contributed by atoms with Crippen molar-refractivity contribution in [3.05, 3.63) is 72.1 Å². The lowest BCUT2D eigenvalue weighted by Gasteiger charge is -2.23. The van der Waals surface area contributed by atoms with Crippen molar-refractivity contribution in [2.45, 2.75) is 37.0 Å². The molecule has 0 aliphatic heterocycles. The van der Waals surface area contributed by atoms with Crippen LogP contribution < -0.4 is 4.74 Å². The van der Waals surface area contributed by atoms with Gasteiger partial charge in [0, 0.05) is 22.4 Å². The van der Waals surface area contributed by atoms with E-state index in [2.05, 4.69) is 9.97 Å². The molecule has 0 unspecified atom stereocenters. The number of aliphatic carboxylic acids is 1. The fraction of sp³-hybridized carbons (Fsp3) is 0.227. The highest BCUT2D eigenvalue weighted by Crippen LogP contribution is 2.30. The third kappa shape index (κ3) is 4.89. The van der Waals surface area contributed by atoms with Crippen LogP contribution in [0.4, 0.5) is 0 Å². The molecule has 0 spiro atoms. The third-order valence-corrected chi connectivity index (χ3v) is 5.19. The summed E-state index contributed by atoms with van der Waals surface area (Å²) in [6.45, 7) is 4.99. The zero-order valence-electron chi connectivity index (χ0n) is 16.0. The van der Waals surface area contributed by atoms with Crippen molar-refractivity contribution in [1.82, 2.24) is 9.97 Å². The first-order valence-corrected chi connectivity index (χ1v) is 9.87. The largest absolute Gasteiger partial charge is 0.478 e. The van der Waals surface area contributed by atoms with Gasteiger partial charge in [0.15, 0.2) is 11.4 Å². The fourth-order valence-electron chi connectivity index (χ4n) is 2.50. The van der Waals surface area contributed by atoms with Crippen LogP contribution in [0.15, 0.2) is 65.7 Å². The molecule has 5 nitrogen and oxygen atoms in total. The molecular formula is C22H22N2O3S. The van der Waals surface area contributed by atoms with Gasteiger partial charge in [-0.05, 0) is 50.6 Å². The summed E-state index contributed by atoms with van der Waals surface area (Å²) in [4.78, 5) is 21.3. The molecule has 1 N–H and O–H groups in total. The fourth-order valence-corrected chi connectivity index (χ4v) is 3.40. The topological polar surface area (TPSA) is 72.3 Å². The molecule has 0 saturated heterocycles. The van der Waals surface area contributed by atoms with Crippen LogP contribution in [-0.4, -0.2) is 26.6 Å². The highest BCUT2D eigenvalue weighted by Gasteiger charge is 2.29. The molecule has 3 aromatic rings. The number of thioether (sulfide) groups is 1. The first kappa shape index (κ1) is 19.9. The van der Waals surface area contributed by atoms with Gasteiger partial charge in [-0.15, -0.1) is 11.8 Å². The maximum atomic E-state index is 11.3. The van der Waals surface area contributed by atoms with Gasteiger partial charge in [0.25, 0.3) is 0 Å². The van der Waals surface area contributed by atoms with E-state index in [1.54, 1.807) is 18.0 Å². The molecule has 0 bridgehead atoms. The zero-order chi connectivity index (χ0) is 20.1. The monoisotopic (exact) mass is 394 g/mol. The number of nitrogens with zero attached hydrogens (tertiary/aromatic N) is 2. The lowest BCUT2D eigenvalue weighted by atomic mass is 10.1. The van der Waals surface area contributed by atoms with E-state index in [0.29, 0.717) is 11.5 Å². The quantitative estimate of drug-likeness (QED) is 0.570. The Hall–Kier alpha value is -2.86. The molecular weight excluding hydrogens is 372 g/mol. The molecule has 6 heteroatoms. The van der Waals surface area contributed by atoms with Gasteiger partial charge in [-0.25, -0.2) is 14.8 Å². The molecule has 0 radical (unpaired) electrons. The Morgan fingerprint density at radius 2 is 1.89 bits per heavy atom. The highest BCUT2D eigenvalue weighted by atomic mass is 32.2. The van der Waals surface area contributed by atoms with E-state index in [9.17, 15) is 9.90 Å². The van der Waals surface area contributed by atoms with Crippen LogP contribution in [0.3, 0.4) is 0 Å². The van der Waals surface area contributed by atoms with E-state index in [-0.39, 0.29) is 0 Å². The normalized spacial score (nSPS) is 11.2. The Morgan fingerprint density at radius 3 is 2.57 bits per heavy atom. The van der Waals surface area contributed by atoms with Crippen molar-refractivity contribution in [2.24, 2.45) is 0 Å². The number of ether oxygens (including phenoxy) is 1. The minimum absolute atomic E-state index is 0.574. The highest BCUT2D eigenvalue weighted by molar-refractivity contribution is 7.98. The van der Waals surface area contributed by atoms with E-state index in [4.69, 9.17) is 4.74 Å². The molecule has 0 atom stereocenters. The van der Waals surface area contributed by atoms with Crippen LogP contribution in [0.5, 0.6) is 5.75 Å². The lowest BCUT2D eigenvalue weighted by Crippen LogP contribution is -2.38. The number of carboxylic acid groups (broad SMARTS) is 1. The summed E-state index contributed by atoms with van der Waals surface area (Å²) in [7, 11) is 0. The van der Waals surface area contributed by atoms with Crippen LogP contribution in [0.25, 0.3) is 11.4 Å². The number of rotatable bonds is 7. The van der Waals surface area contributed by atoms with Crippen molar-refractivity contribution in [2.75, 3.05) is 0 Å². The standard InChI is InChI=1S/C22H22N2O3S/c1-15-13-18(9-10-19(15)27-22(2,3)21(25)26)28-14-17-11-12-23-20(24-17)16-7-5-4-6-8-16/h4-13H,14H2,1-3H3,(H,25,26). The molecule has 0 saturated carbocycles. The molecule has 1 aromatic heterocycles. The summed E-state index contributed by atoms with van der Waals surface area (Å²) >= 11 is 1.66. The molecule has 144 valence electrons. The average molecular weight is 394 g/mol. The molecule has 0 amide bonds. The molecule has 0 aliphatic carbocycles. The Bertz CT molecular complexity index is 975. The molecule has 28 heavy (non-hydrogen) atoms. The van der Waals surface area contributed by atoms with Gasteiger partial charge in [-0.3, -0.25) is 0 Å². The van der Waals surface area contributed by atoms with Gasteiger partial charge in [0.1, 0.15) is 5.75 Å². The SMILES string of the molecule is Cc1cc(SCc2ccnc(-c3ccccc3)n2)ccc1OC(C)(C)C(=O)O. The van der Waals surface area contributed by atoms with Crippen molar-refractivity contribution in [3.8, 4) is 17.1 Å². The summed E-state index contributed by atoms with van der Waals surface area (Å²) in [5.74, 6) is 1.01. The summed E-state index contributed by atoms with van der Waals surface area (Å²) in [6.07, 6.45) is 1.78. The first-order valence-electron chi connectivity index (χ1n) is 8.88. The van der Waals surface area contributed by atoms with Gasteiger partial charge in [-0.2, -0.15) is 0 Å². The third-order valence-electron chi connectivity index (χ3n) is 4.16. The molecule has 0 aliphatic rings. The summed E-state index contributed by atoms with van der Waals surface area (Å²) in [5, 5.41) is 9.22. The van der Waals surface area contributed by atoms with Crippen molar-refractivity contribution in [3.63, 3.8) is 0 Å². The van der Waals surface area contributed by atoms with Crippen molar-refractivity contribution < 1.29 is 14.6 Å². The minimum Gasteiger partial charge on any atom is -0.478 e. The Morgan fingerprint density at radius 1 is 1.14 bits per heavy atom. The van der Waals surface area contributed by atoms with E-state index in [1.165, 1.54) is 13.8 Å². The maximum absolute atomic E-state index is 11.3. The van der Waals surface area contributed by atoms with Crippen LogP contribution in [-0.2, 0) is 10.5 Å². The second-order valence-electron chi connectivity index (χ2n) is 6.87. The number of carbonyl (C=O) groups is 1. The second-order valence-corrected chi connectivity index (χ2v) is 7.92. The lowest BCUT2D eigenvalue weighted by molar-refractivity contribution is -0.152. The van der Waals surface area contributed by atoms with Crippen LogP contribution in [0, 0.1) is 6.92 Å². The number of hydrogen-bond acceptors (Lipinski definition) is 5. The smallest absolute Gasteiger partial charge is 0.347 e. The maximum Gasteiger partial charge on any atom is 0.347 e. The van der Waals surface area contributed by atoms with Gasteiger partial charge in [0.2, 0.25) is 0 Å². The van der Waals surface area contributed by atoms with Crippen LogP contribution >= 0.6 is 11.8 Å². The Kier molecular flexibility index (Phi) is 5.99. The van der Waals surface area contributed by atoms with E-state index < -0.39 is 11.6 Å². The number of aromatic nitrogens is 2. The van der Waals surface area contributed by atoms with Gasteiger partial charge in [-0.1, -0.05) is 30.3 Å². The number of hydrogen-bond donors (Lipinski definition) is 1. The number of benzene rings is 2. The van der Waals surface area contributed by atoms with Gasteiger partial charge < -0.3 is 9.84 Å². The number of carboxylic acids is 1. The van der Waals surface area contributed by atoms with Crippen LogP contribution in [0.1, 0.15) is 25.1 Å². The first-order chi connectivity index (χ1) is 13.3. The zero-order valence-corrected chi connectivity index (χ0v) is 16.9. The summed E-state index contributed by atoms with van der Waals surface area (Å²) in [6, 6.07) is 17.6. The van der Waals surface area contributed by atoms with Crippen molar-refractivity contribution in [1.29, 1.82) is 0 Å². The Labute approximate surface area is 168 Å². The van der Waals surface area contributed by atoms with Crippen molar-refractivity contribution >= 4 is 17.7 Å². The number of aryl methyl sites for hydroxylation is 1. The van der Waals surface area contributed by atoms with Gasteiger partial charge >= 0.3 is 5.97 Å². The minimum atomic E-state index is -1.27. The molecule has 2 aromatic carbocycles. The van der Waals surface area contributed by atoms with E-state index >= 15 is 0 Å². The molecule has 1 heterocycles. The van der Waals surface area contributed by atoms with Gasteiger partial charge in [0.05, 0.1) is 5.69 Å². The Balaban J connectivity index is 1.68. The summed E-state index contributed by atoms with van der Waals surface area (Å²) in [5.41, 5.74) is 1.57. The predicted molar refractivity (Wildman–Crippen MR) is 111 cm³/mol.